The molecule has 3 saturated heterocycles. The fraction of sp³-hybridized carbons (Fsp3) is 1.00. The van der Waals surface area contributed by atoms with Crippen molar-refractivity contribution < 1.29 is 28.9 Å². The average Bonchev–Trinajstić information content (AvgIpc) is 2.02. The molecular weight excluding hydrogens is 199 g/mol. The Kier molecular flexibility index (Phi) is 1.80. The molecule has 1 atom stereocenters. The van der Waals surface area contributed by atoms with Gasteiger partial charge in [0.2, 0.25) is 0 Å². The maximum absolute atomic E-state index is 8.96. The number of hydrogen-bond donors (Lipinski definition) is 3. The maximum atomic E-state index is 8.96. The van der Waals surface area contributed by atoms with Crippen LogP contribution in [0.15, 0.2) is 0 Å². The van der Waals surface area contributed by atoms with Crippen molar-refractivity contribution in [2.45, 2.75) is 12.9 Å². The molecule has 13 heavy (non-hydrogen) atoms. The van der Waals surface area contributed by atoms with Crippen molar-refractivity contribution >= 4 is 7.28 Å². The standard InChI is InChI=1S/C6H13O6P/c1-5(2-7)6-10-13(3-8,4-9,11-6)12-6/h5,7-9H,2-4H2,1H3. The normalized spacial score (nSPS) is 43.5. The van der Waals surface area contributed by atoms with Gasteiger partial charge in [0, 0.05) is 0 Å². The Morgan fingerprint density at radius 3 is 1.92 bits per heavy atom. The van der Waals surface area contributed by atoms with Crippen molar-refractivity contribution in [2.75, 3.05) is 19.3 Å². The van der Waals surface area contributed by atoms with Crippen LogP contribution in [0.2, 0.25) is 0 Å². The number of aliphatic hydroxyl groups excluding tert-OH is 3. The molecule has 0 aliphatic carbocycles. The summed E-state index contributed by atoms with van der Waals surface area (Å²) in [5.74, 6) is -1.53. The van der Waals surface area contributed by atoms with Crippen LogP contribution in [0.1, 0.15) is 6.92 Å². The van der Waals surface area contributed by atoms with E-state index in [2.05, 4.69) is 0 Å². The van der Waals surface area contributed by atoms with E-state index in [9.17, 15) is 0 Å². The van der Waals surface area contributed by atoms with Gasteiger partial charge in [-0.05, 0) is 0 Å². The summed E-state index contributed by atoms with van der Waals surface area (Å²) in [5, 5.41) is 26.7. The summed E-state index contributed by atoms with van der Waals surface area (Å²) in [5.41, 5.74) is 0. The summed E-state index contributed by atoms with van der Waals surface area (Å²) in [7, 11) is -3.46. The number of hydrogen-bond acceptors (Lipinski definition) is 6. The zero-order valence-electron chi connectivity index (χ0n) is 7.21. The van der Waals surface area contributed by atoms with Crippen LogP contribution in [-0.2, 0) is 13.6 Å². The molecule has 0 aromatic heterocycles. The van der Waals surface area contributed by atoms with E-state index in [4.69, 9.17) is 28.9 Å². The third-order valence-electron chi connectivity index (χ3n) is 2.42. The van der Waals surface area contributed by atoms with Gasteiger partial charge in [-0.2, -0.15) is 0 Å². The Labute approximate surface area is 75.2 Å². The van der Waals surface area contributed by atoms with E-state index in [-0.39, 0.29) is 12.5 Å². The predicted molar refractivity (Wildman–Crippen MR) is 43.3 cm³/mol. The van der Waals surface area contributed by atoms with E-state index in [1.807, 2.05) is 0 Å². The van der Waals surface area contributed by atoms with Crippen molar-refractivity contribution in [1.82, 2.24) is 0 Å². The Hall–Kier alpha value is 0.190. The molecule has 0 amide bonds. The van der Waals surface area contributed by atoms with Gasteiger partial charge in [0.15, 0.2) is 0 Å². The molecule has 2 bridgehead atoms. The van der Waals surface area contributed by atoms with Gasteiger partial charge in [-0.3, -0.25) is 0 Å². The molecule has 0 saturated carbocycles. The van der Waals surface area contributed by atoms with Gasteiger partial charge < -0.3 is 0 Å². The third kappa shape index (κ3) is 0.915. The summed E-state index contributed by atoms with van der Waals surface area (Å²) in [6.45, 7) is 1.56. The second kappa shape index (κ2) is 2.41. The summed E-state index contributed by atoms with van der Waals surface area (Å²) in [4.78, 5) is 0. The van der Waals surface area contributed by atoms with E-state index in [1.54, 1.807) is 6.92 Å². The predicted octanol–water partition coefficient (Wildman–Crippen LogP) is -0.457. The van der Waals surface area contributed by atoms with Crippen molar-refractivity contribution in [1.29, 1.82) is 0 Å². The van der Waals surface area contributed by atoms with Gasteiger partial charge in [-0.1, -0.05) is 0 Å². The molecule has 78 valence electrons. The topological polar surface area (TPSA) is 88.4 Å². The van der Waals surface area contributed by atoms with E-state index in [1.165, 1.54) is 0 Å². The van der Waals surface area contributed by atoms with Crippen molar-refractivity contribution in [2.24, 2.45) is 5.92 Å². The fourth-order valence-electron chi connectivity index (χ4n) is 1.47. The Bertz CT molecular complexity index is 213. The van der Waals surface area contributed by atoms with Crippen LogP contribution >= 0.6 is 7.28 Å². The van der Waals surface area contributed by atoms with Crippen LogP contribution in [-0.4, -0.2) is 40.6 Å². The van der Waals surface area contributed by atoms with E-state index in [0.717, 1.165) is 0 Å². The van der Waals surface area contributed by atoms with E-state index >= 15 is 0 Å². The van der Waals surface area contributed by atoms with E-state index in [0.29, 0.717) is 0 Å². The molecule has 0 aromatic rings. The second-order valence-electron chi connectivity index (χ2n) is 3.47. The SMILES string of the molecule is CC(CO)C12OP(CO)(CO)(O1)O2. The Balaban J connectivity index is 2.06. The Morgan fingerprint density at radius 1 is 1.15 bits per heavy atom. The Morgan fingerprint density at radius 2 is 1.62 bits per heavy atom. The molecule has 0 spiro atoms. The molecule has 3 fully saturated rings. The van der Waals surface area contributed by atoms with Gasteiger partial charge in [0.1, 0.15) is 0 Å². The molecule has 3 N–H and O–H groups in total. The molecule has 0 aromatic carbocycles. The van der Waals surface area contributed by atoms with Crippen LogP contribution in [0, 0.1) is 5.92 Å². The molecule has 6 nitrogen and oxygen atoms in total. The summed E-state index contributed by atoms with van der Waals surface area (Å²) in [6, 6.07) is 0. The molecule has 3 rings (SSSR count). The van der Waals surface area contributed by atoms with Crippen molar-refractivity contribution in [3.05, 3.63) is 0 Å². The minimum atomic E-state index is -3.46. The summed E-state index contributed by atoms with van der Waals surface area (Å²) < 4.78 is 15.8. The zero-order chi connectivity index (χ0) is 9.77. The average molecular weight is 212 g/mol. The summed E-state index contributed by atoms with van der Waals surface area (Å²) >= 11 is 0. The van der Waals surface area contributed by atoms with Crippen LogP contribution in [0.3, 0.4) is 0 Å². The molecule has 0 radical (unpaired) electrons. The van der Waals surface area contributed by atoms with Gasteiger partial charge in [0.05, 0.1) is 0 Å². The second-order valence-corrected chi connectivity index (χ2v) is 7.02. The molecule has 7 heteroatoms. The van der Waals surface area contributed by atoms with Crippen LogP contribution in [0.5, 0.6) is 0 Å². The first-order chi connectivity index (χ1) is 6.04. The van der Waals surface area contributed by atoms with Crippen LogP contribution in [0.4, 0.5) is 0 Å². The van der Waals surface area contributed by atoms with Gasteiger partial charge >= 0.3 is 74.3 Å². The zero-order valence-corrected chi connectivity index (χ0v) is 8.11. The minimum absolute atomic E-state index is 0.136. The number of rotatable bonds is 4. The first-order valence-electron chi connectivity index (χ1n) is 4.02. The van der Waals surface area contributed by atoms with Crippen LogP contribution < -0.4 is 0 Å². The third-order valence-corrected chi connectivity index (χ3v) is 5.49. The number of aliphatic hydroxyl groups is 3. The first-order valence-corrected chi connectivity index (χ1v) is 6.38. The van der Waals surface area contributed by atoms with Gasteiger partial charge in [0.25, 0.3) is 0 Å². The summed E-state index contributed by atoms with van der Waals surface area (Å²) in [6.07, 6.45) is -0.885. The molecule has 3 aliphatic rings. The first kappa shape index (κ1) is 9.73. The van der Waals surface area contributed by atoms with Crippen molar-refractivity contribution in [3.8, 4) is 0 Å². The molecule has 3 aliphatic heterocycles. The quantitative estimate of drug-likeness (QED) is 0.546. The fourth-order valence-corrected chi connectivity index (χ4v) is 4.19. The van der Waals surface area contributed by atoms with Crippen molar-refractivity contribution in [3.63, 3.8) is 0 Å². The van der Waals surface area contributed by atoms with Gasteiger partial charge in [-0.15, -0.1) is 0 Å². The van der Waals surface area contributed by atoms with Gasteiger partial charge in [-0.25, -0.2) is 0 Å². The van der Waals surface area contributed by atoms with Crippen LogP contribution in [0.25, 0.3) is 0 Å². The monoisotopic (exact) mass is 212 g/mol. The molecular formula is C6H13O6P. The molecule has 3 heterocycles. The molecule has 1 unspecified atom stereocenters. The van der Waals surface area contributed by atoms with E-state index < -0.39 is 26.0 Å².